The fraction of sp³-hybridized carbons (Fsp3) is 0.360. The molecular formula is C25H28N6O3. The molecule has 5 rings (SSSR count). The molecule has 1 saturated heterocycles. The first-order chi connectivity index (χ1) is 16.7. The van der Waals surface area contributed by atoms with Crippen LogP contribution in [0, 0.1) is 0 Å². The number of tetrazole rings is 1. The summed E-state index contributed by atoms with van der Waals surface area (Å²) in [5, 5.41) is 13.6. The largest absolute Gasteiger partial charge is 0.497 e. The molecular weight excluding hydrogens is 432 g/mol. The average molecular weight is 461 g/mol. The highest BCUT2D eigenvalue weighted by atomic mass is 16.5. The van der Waals surface area contributed by atoms with Gasteiger partial charge >= 0.3 is 0 Å². The molecule has 34 heavy (non-hydrogen) atoms. The Balaban J connectivity index is 1.58. The number of aromatic nitrogens is 5. The standard InChI is InChI=1S/C25H28N6O3/c1-33-19-8-6-17(7-9-19)16-31-24(27-28-29-31)23(30-12-4-3-5-13-30)21-15-18-14-20(34-2)10-11-22(18)26-25(21)32/h6-11,14-15,23H,3-5,12-13,16H2,1-2H3,(H,26,32)/t23-/m0/s1. The first-order valence-corrected chi connectivity index (χ1v) is 11.5. The first-order valence-electron chi connectivity index (χ1n) is 11.5. The predicted octanol–water partition coefficient (Wildman–Crippen LogP) is 3.16. The van der Waals surface area contributed by atoms with E-state index in [0.717, 1.165) is 53.9 Å². The third-order valence-electron chi connectivity index (χ3n) is 6.43. The molecule has 9 heteroatoms. The second-order valence-corrected chi connectivity index (χ2v) is 8.55. The van der Waals surface area contributed by atoms with Gasteiger partial charge in [-0.15, -0.1) is 5.10 Å². The molecule has 2 aromatic heterocycles. The second kappa shape index (κ2) is 9.64. The molecule has 1 atom stereocenters. The Hall–Kier alpha value is -3.72. The lowest BCUT2D eigenvalue weighted by Crippen LogP contribution is -2.38. The van der Waals surface area contributed by atoms with Crippen molar-refractivity contribution in [2.45, 2.75) is 31.8 Å². The van der Waals surface area contributed by atoms with Crippen LogP contribution in [0.3, 0.4) is 0 Å². The Labute approximate surface area is 197 Å². The summed E-state index contributed by atoms with van der Waals surface area (Å²) in [5.41, 5.74) is 2.31. The van der Waals surface area contributed by atoms with Gasteiger partial charge in [0.1, 0.15) is 17.5 Å². The molecule has 0 unspecified atom stereocenters. The van der Waals surface area contributed by atoms with Gasteiger partial charge in [-0.25, -0.2) is 4.68 Å². The molecule has 0 saturated carbocycles. The fourth-order valence-corrected chi connectivity index (χ4v) is 4.63. The molecule has 0 aliphatic carbocycles. The van der Waals surface area contributed by atoms with E-state index in [1.165, 1.54) is 6.42 Å². The lowest BCUT2D eigenvalue weighted by Gasteiger charge is -2.33. The van der Waals surface area contributed by atoms with E-state index in [-0.39, 0.29) is 11.6 Å². The molecule has 1 fully saturated rings. The van der Waals surface area contributed by atoms with Crippen molar-refractivity contribution in [3.05, 3.63) is 75.8 Å². The fourth-order valence-electron chi connectivity index (χ4n) is 4.63. The van der Waals surface area contributed by atoms with Crippen LogP contribution in [0.15, 0.2) is 53.3 Å². The Morgan fingerprint density at radius 1 is 0.971 bits per heavy atom. The van der Waals surface area contributed by atoms with Crippen molar-refractivity contribution in [3.63, 3.8) is 0 Å². The molecule has 1 N–H and O–H groups in total. The topological polar surface area (TPSA) is 98.2 Å². The number of piperidine rings is 1. The minimum Gasteiger partial charge on any atom is -0.497 e. The molecule has 0 bridgehead atoms. The van der Waals surface area contributed by atoms with Crippen molar-refractivity contribution in [2.75, 3.05) is 27.3 Å². The number of rotatable bonds is 7. The van der Waals surface area contributed by atoms with Gasteiger partial charge < -0.3 is 14.5 Å². The van der Waals surface area contributed by atoms with Crippen LogP contribution in [0.25, 0.3) is 10.9 Å². The van der Waals surface area contributed by atoms with Gasteiger partial charge in [-0.3, -0.25) is 9.69 Å². The summed E-state index contributed by atoms with van der Waals surface area (Å²) >= 11 is 0. The molecule has 4 aromatic rings. The van der Waals surface area contributed by atoms with Crippen LogP contribution in [0.1, 0.15) is 42.3 Å². The van der Waals surface area contributed by atoms with Crippen LogP contribution in [0.4, 0.5) is 0 Å². The molecule has 0 radical (unpaired) electrons. The van der Waals surface area contributed by atoms with Gasteiger partial charge in [-0.05, 0) is 78.3 Å². The molecule has 2 aromatic carbocycles. The van der Waals surface area contributed by atoms with E-state index >= 15 is 0 Å². The molecule has 3 heterocycles. The summed E-state index contributed by atoms with van der Waals surface area (Å²) in [4.78, 5) is 18.7. The third kappa shape index (κ3) is 4.38. The van der Waals surface area contributed by atoms with Gasteiger partial charge in [0.05, 0.1) is 20.8 Å². The van der Waals surface area contributed by atoms with Crippen molar-refractivity contribution in [3.8, 4) is 11.5 Å². The van der Waals surface area contributed by atoms with Crippen LogP contribution in [-0.4, -0.2) is 57.4 Å². The van der Waals surface area contributed by atoms with E-state index in [4.69, 9.17) is 9.47 Å². The Bertz CT molecular complexity index is 1320. The molecule has 0 amide bonds. The number of benzene rings is 2. The monoisotopic (exact) mass is 460 g/mol. The van der Waals surface area contributed by atoms with E-state index in [1.807, 2.05) is 48.5 Å². The SMILES string of the molecule is COc1ccc(Cn2nnnc2[C@H](c2cc3cc(OC)ccc3[nH]c2=O)N2CCCCC2)cc1. The predicted molar refractivity (Wildman–Crippen MR) is 128 cm³/mol. The average Bonchev–Trinajstić information content (AvgIpc) is 3.33. The quantitative estimate of drug-likeness (QED) is 0.452. The molecule has 1 aliphatic rings. The molecule has 176 valence electrons. The van der Waals surface area contributed by atoms with Gasteiger partial charge in [-0.2, -0.15) is 0 Å². The third-order valence-corrected chi connectivity index (χ3v) is 6.43. The van der Waals surface area contributed by atoms with Crippen LogP contribution >= 0.6 is 0 Å². The molecule has 9 nitrogen and oxygen atoms in total. The summed E-state index contributed by atoms with van der Waals surface area (Å²) in [6.45, 7) is 2.27. The summed E-state index contributed by atoms with van der Waals surface area (Å²) in [5.74, 6) is 2.19. The minimum atomic E-state index is -0.354. The zero-order valence-electron chi connectivity index (χ0n) is 19.4. The van der Waals surface area contributed by atoms with Crippen LogP contribution in [0.2, 0.25) is 0 Å². The Morgan fingerprint density at radius 2 is 1.71 bits per heavy atom. The second-order valence-electron chi connectivity index (χ2n) is 8.55. The Morgan fingerprint density at radius 3 is 2.44 bits per heavy atom. The number of hydrogen-bond donors (Lipinski definition) is 1. The number of aromatic amines is 1. The maximum atomic E-state index is 13.3. The highest BCUT2D eigenvalue weighted by molar-refractivity contribution is 5.80. The van der Waals surface area contributed by atoms with Crippen molar-refractivity contribution >= 4 is 10.9 Å². The van der Waals surface area contributed by atoms with Crippen molar-refractivity contribution in [1.82, 2.24) is 30.1 Å². The van der Waals surface area contributed by atoms with Crippen LogP contribution in [-0.2, 0) is 6.54 Å². The number of fused-ring (bicyclic) bond motifs is 1. The lowest BCUT2D eigenvalue weighted by atomic mass is 10.0. The lowest BCUT2D eigenvalue weighted by molar-refractivity contribution is 0.177. The number of likely N-dealkylation sites (tertiary alicyclic amines) is 1. The van der Waals surface area contributed by atoms with E-state index in [0.29, 0.717) is 17.9 Å². The number of nitrogens with zero attached hydrogens (tertiary/aromatic N) is 5. The highest BCUT2D eigenvalue weighted by Crippen LogP contribution is 2.30. The van der Waals surface area contributed by atoms with Crippen LogP contribution < -0.4 is 15.0 Å². The number of hydrogen-bond acceptors (Lipinski definition) is 7. The van der Waals surface area contributed by atoms with Crippen molar-refractivity contribution in [2.24, 2.45) is 0 Å². The normalized spacial score (nSPS) is 15.4. The Kier molecular flexibility index (Phi) is 6.27. The van der Waals surface area contributed by atoms with Crippen molar-refractivity contribution in [1.29, 1.82) is 0 Å². The zero-order chi connectivity index (χ0) is 23.5. The molecule has 1 aliphatic heterocycles. The highest BCUT2D eigenvalue weighted by Gasteiger charge is 2.31. The van der Waals surface area contributed by atoms with Gasteiger partial charge in [0.2, 0.25) is 0 Å². The van der Waals surface area contributed by atoms with E-state index in [9.17, 15) is 4.79 Å². The summed E-state index contributed by atoms with van der Waals surface area (Å²) in [6, 6.07) is 15.1. The maximum Gasteiger partial charge on any atom is 0.253 e. The van der Waals surface area contributed by atoms with Gasteiger partial charge in [-0.1, -0.05) is 18.6 Å². The van der Waals surface area contributed by atoms with Gasteiger partial charge in [0.15, 0.2) is 5.82 Å². The summed E-state index contributed by atoms with van der Waals surface area (Å²) < 4.78 is 12.5. The number of pyridine rings is 1. The summed E-state index contributed by atoms with van der Waals surface area (Å²) in [7, 11) is 3.28. The minimum absolute atomic E-state index is 0.132. The maximum absolute atomic E-state index is 13.3. The van der Waals surface area contributed by atoms with Crippen LogP contribution in [0.5, 0.6) is 11.5 Å². The first kappa shape index (κ1) is 22.1. The van der Waals surface area contributed by atoms with Gasteiger partial charge in [0, 0.05) is 16.5 Å². The number of ether oxygens (including phenoxy) is 2. The summed E-state index contributed by atoms with van der Waals surface area (Å²) in [6.07, 6.45) is 3.34. The van der Waals surface area contributed by atoms with E-state index in [2.05, 4.69) is 25.4 Å². The van der Waals surface area contributed by atoms with Gasteiger partial charge in [0.25, 0.3) is 5.56 Å². The zero-order valence-corrected chi connectivity index (χ0v) is 19.4. The van der Waals surface area contributed by atoms with E-state index < -0.39 is 0 Å². The number of nitrogens with one attached hydrogen (secondary N) is 1. The molecule has 0 spiro atoms. The number of H-pyrrole nitrogens is 1. The number of methoxy groups -OCH3 is 2. The van der Waals surface area contributed by atoms with Crippen molar-refractivity contribution < 1.29 is 9.47 Å². The van der Waals surface area contributed by atoms with E-state index in [1.54, 1.807) is 18.9 Å². The smallest absolute Gasteiger partial charge is 0.253 e.